The molecule has 34 heavy (non-hydrogen) atoms. The summed E-state index contributed by atoms with van der Waals surface area (Å²) in [5.41, 5.74) is 22.2. The third-order valence-electron chi connectivity index (χ3n) is 8.86. The molecule has 0 unspecified atom stereocenters. The van der Waals surface area contributed by atoms with E-state index in [2.05, 4.69) is 107 Å². The zero-order valence-corrected chi connectivity index (χ0v) is 23.3. The number of aryl methyl sites for hydroxylation is 6. The molecule has 0 fully saturated rings. The van der Waals surface area contributed by atoms with Crippen molar-refractivity contribution in [3.05, 3.63) is 91.0 Å². The van der Waals surface area contributed by atoms with Crippen molar-refractivity contribution in [1.82, 2.24) is 0 Å². The molecular formula is C34H40. The van der Waals surface area contributed by atoms with Crippen molar-refractivity contribution < 1.29 is 0 Å². The molecule has 0 aliphatic heterocycles. The lowest BCUT2D eigenvalue weighted by atomic mass is 9.81. The molecule has 176 valence electrons. The minimum atomic E-state index is 1.37. The van der Waals surface area contributed by atoms with Gasteiger partial charge in [-0.25, -0.2) is 0 Å². The Kier molecular flexibility index (Phi) is 6.01. The van der Waals surface area contributed by atoms with E-state index in [4.69, 9.17) is 0 Å². The first-order valence-electron chi connectivity index (χ1n) is 12.6. The van der Waals surface area contributed by atoms with Gasteiger partial charge >= 0.3 is 0 Å². The molecule has 0 heterocycles. The Morgan fingerprint density at radius 1 is 0.265 bits per heavy atom. The molecule has 0 saturated heterocycles. The van der Waals surface area contributed by atoms with Gasteiger partial charge in [0.05, 0.1) is 0 Å². The third kappa shape index (κ3) is 3.50. The highest BCUT2D eigenvalue weighted by molar-refractivity contribution is 6.02. The predicted molar refractivity (Wildman–Crippen MR) is 152 cm³/mol. The van der Waals surface area contributed by atoms with Crippen molar-refractivity contribution in [3.8, 4) is 22.3 Å². The minimum absolute atomic E-state index is 1.37. The molecular weight excluding hydrogens is 408 g/mol. The van der Waals surface area contributed by atoms with E-state index in [1.807, 2.05) is 0 Å². The van der Waals surface area contributed by atoms with Gasteiger partial charge in [-0.2, -0.15) is 0 Å². The van der Waals surface area contributed by atoms with E-state index in [0.29, 0.717) is 0 Å². The topological polar surface area (TPSA) is 0 Å². The summed E-state index contributed by atoms with van der Waals surface area (Å²) < 4.78 is 0. The quantitative estimate of drug-likeness (QED) is 0.286. The second-order valence-corrected chi connectivity index (χ2v) is 10.7. The van der Waals surface area contributed by atoms with Gasteiger partial charge in [-0.1, -0.05) is 24.3 Å². The Bertz CT molecular complexity index is 1380. The smallest absolute Gasteiger partial charge is 0.0113 e. The lowest BCUT2D eigenvalue weighted by Crippen LogP contribution is -2.01. The van der Waals surface area contributed by atoms with Crippen molar-refractivity contribution in [2.24, 2.45) is 0 Å². The van der Waals surface area contributed by atoms with E-state index in [9.17, 15) is 0 Å². The molecule has 0 heteroatoms. The van der Waals surface area contributed by atoms with Crippen molar-refractivity contribution in [2.45, 2.75) is 83.1 Å². The molecule has 0 aliphatic rings. The van der Waals surface area contributed by atoms with E-state index < -0.39 is 0 Å². The lowest BCUT2D eigenvalue weighted by Gasteiger charge is -2.23. The fourth-order valence-electron chi connectivity index (χ4n) is 5.97. The van der Waals surface area contributed by atoms with Gasteiger partial charge in [0.1, 0.15) is 0 Å². The van der Waals surface area contributed by atoms with Gasteiger partial charge in [0.2, 0.25) is 0 Å². The van der Waals surface area contributed by atoms with Crippen LogP contribution in [0, 0.1) is 83.1 Å². The molecule has 4 aromatic rings. The van der Waals surface area contributed by atoms with Crippen LogP contribution >= 0.6 is 0 Å². The molecule has 0 amide bonds. The molecule has 0 bridgehead atoms. The number of rotatable bonds is 2. The fourth-order valence-corrected chi connectivity index (χ4v) is 5.97. The van der Waals surface area contributed by atoms with Gasteiger partial charge in [0, 0.05) is 0 Å². The molecule has 0 aliphatic carbocycles. The summed E-state index contributed by atoms with van der Waals surface area (Å²) in [5.74, 6) is 0. The fraction of sp³-hybridized carbons (Fsp3) is 0.353. The standard InChI is InChI=1S/C34H40/c1-17-13-29(25(9)23(7)21(17)5)31-15-19(3)34-28(12)32(16-20(4)33(34)27(31)11)30-14-18(2)22(6)24(8)26(30)10/h13-16H,1-12H3. The normalized spacial score (nSPS) is 11.5. The first-order valence-corrected chi connectivity index (χ1v) is 12.6. The van der Waals surface area contributed by atoms with Crippen LogP contribution in [0.5, 0.6) is 0 Å². The van der Waals surface area contributed by atoms with Crippen LogP contribution in [0.4, 0.5) is 0 Å². The second-order valence-electron chi connectivity index (χ2n) is 10.7. The lowest BCUT2D eigenvalue weighted by molar-refractivity contribution is 1.21. The molecule has 0 N–H and O–H groups in total. The van der Waals surface area contributed by atoms with Gasteiger partial charge in [0.15, 0.2) is 0 Å². The third-order valence-corrected chi connectivity index (χ3v) is 8.86. The van der Waals surface area contributed by atoms with Crippen LogP contribution in [-0.4, -0.2) is 0 Å². The first-order chi connectivity index (χ1) is 15.9. The number of benzene rings is 4. The zero-order valence-electron chi connectivity index (χ0n) is 23.3. The van der Waals surface area contributed by atoms with Crippen LogP contribution < -0.4 is 0 Å². The highest BCUT2D eigenvalue weighted by Crippen LogP contribution is 2.42. The van der Waals surface area contributed by atoms with E-state index in [-0.39, 0.29) is 0 Å². The molecule has 4 aromatic carbocycles. The van der Waals surface area contributed by atoms with Crippen molar-refractivity contribution in [1.29, 1.82) is 0 Å². The maximum absolute atomic E-state index is 2.43. The van der Waals surface area contributed by atoms with Gasteiger partial charge in [-0.3, -0.25) is 0 Å². The van der Waals surface area contributed by atoms with E-state index in [0.717, 1.165) is 0 Å². The zero-order chi connectivity index (χ0) is 25.2. The van der Waals surface area contributed by atoms with E-state index >= 15 is 0 Å². The number of hydrogen-bond acceptors (Lipinski definition) is 0. The predicted octanol–water partition coefficient (Wildman–Crippen LogP) is 9.87. The van der Waals surface area contributed by atoms with Crippen LogP contribution in [0.1, 0.15) is 66.8 Å². The largest absolute Gasteiger partial charge is 0.0509 e. The van der Waals surface area contributed by atoms with Gasteiger partial charge in [-0.15, -0.1) is 0 Å². The summed E-state index contributed by atoms with van der Waals surface area (Å²) in [5, 5.41) is 2.84. The van der Waals surface area contributed by atoms with Gasteiger partial charge in [0.25, 0.3) is 0 Å². The minimum Gasteiger partial charge on any atom is -0.0509 e. The highest BCUT2D eigenvalue weighted by Gasteiger charge is 2.19. The maximum atomic E-state index is 2.43. The van der Waals surface area contributed by atoms with Crippen LogP contribution in [0.15, 0.2) is 24.3 Å². The SMILES string of the molecule is Cc1cc(-c2cc(C)c3c(C)c(-c4cc(C)c(C)c(C)c4C)cc(C)c3c2C)c(C)c(C)c1C. The van der Waals surface area contributed by atoms with Crippen molar-refractivity contribution >= 4 is 10.8 Å². The molecule has 0 spiro atoms. The van der Waals surface area contributed by atoms with Crippen molar-refractivity contribution in [3.63, 3.8) is 0 Å². The van der Waals surface area contributed by atoms with Gasteiger partial charge < -0.3 is 0 Å². The molecule has 0 saturated carbocycles. The average molecular weight is 449 g/mol. The summed E-state index contributed by atoms with van der Waals surface area (Å²) in [6, 6.07) is 9.65. The number of fused-ring (bicyclic) bond motifs is 1. The van der Waals surface area contributed by atoms with Crippen LogP contribution in [-0.2, 0) is 0 Å². The van der Waals surface area contributed by atoms with Crippen LogP contribution in [0.2, 0.25) is 0 Å². The summed E-state index contributed by atoms with van der Waals surface area (Å²) >= 11 is 0. The van der Waals surface area contributed by atoms with Crippen LogP contribution in [0.25, 0.3) is 33.0 Å². The van der Waals surface area contributed by atoms with Crippen LogP contribution in [0.3, 0.4) is 0 Å². The maximum Gasteiger partial charge on any atom is -0.0113 e. The first kappa shape index (κ1) is 24.3. The Morgan fingerprint density at radius 3 is 0.853 bits per heavy atom. The van der Waals surface area contributed by atoms with Gasteiger partial charge in [-0.05, 0) is 183 Å². The second kappa shape index (κ2) is 8.42. The molecule has 0 atom stereocenters. The summed E-state index contributed by atoms with van der Waals surface area (Å²) in [4.78, 5) is 0. The Balaban J connectivity index is 2.08. The Morgan fingerprint density at radius 2 is 0.529 bits per heavy atom. The average Bonchev–Trinajstić information content (AvgIpc) is 2.79. The Hall–Kier alpha value is -2.86. The van der Waals surface area contributed by atoms with E-state index in [1.54, 1.807) is 0 Å². The Labute approximate surface area is 207 Å². The monoisotopic (exact) mass is 448 g/mol. The molecule has 0 radical (unpaired) electrons. The van der Waals surface area contributed by atoms with E-state index in [1.165, 1.54) is 99.8 Å². The highest BCUT2D eigenvalue weighted by atomic mass is 14.2. The molecule has 0 nitrogen and oxygen atoms in total. The van der Waals surface area contributed by atoms with Crippen molar-refractivity contribution in [2.75, 3.05) is 0 Å². The summed E-state index contributed by atoms with van der Waals surface area (Å²) in [6.07, 6.45) is 0. The number of hydrogen-bond donors (Lipinski definition) is 0. The molecule has 4 rings (SSSR count). The summed E-state index contributed by atoms with van der Waals surface area (Å²) in [7, 11) is 0. The molecule has 0 aromatic heterocycles. The summed E-state index contributed by atoms with van der Waals surface area (Å²) in [6.45, 7) is 27.3.